The first-order valence-electron chi connectivity index (χ1n) is 6.07. The summed E-state index contributed by atoms with van der Waals surface area (Å²) in [5.41, 5.74) is 1.39. The van der Waals surface area contributed by atoms with Crippen molar-refractivity contribution in [1.29, 1.82) is 0 Å². The van der Waals surface area contributed by atoms with E-state index < -0.39 is 0 Å². The van der Waals surface area contributed by atoms with Crippen LogP contribution in [0.1, 0.15) is 32.3 Å². The van der Waals surface area contributed by atoms with Crippen molar-refractivity contribution in [2.45, 2.75) is 32.8 Å². The van der Waals surface area contributed by atoms with E-state index in [1.807, 2.05) is 0 Å². The Balaban J connectivity index is 2.14. The Morgan fingerprint density at radius 2 is 1.81 bits per heavy atom. The van der Waals surface area contributed by atoms with E-state index in [2.05, 4.69) is 56.4 Å². The molecular formula is C14H23NO. The van der Waals surface area contributed by atoms with Gasteiger partial charge < -0.3 is 10.1 Å². The molecule has 1 aromatic carbocycles. The summed E-state index contributed by atoms with van der Waals surface area (Å²) in [6.07, 6.45) is 0.327. The van der Waals surface area contributed by atoms with Crippen LogP contribution in [0.25, 0.3) is 0 Å². The van der Waals surface area contributed by atoms with Crippen molar-refractivity contribution in [3.05, 3.63) is 35.9 Å². The van der Waals surface area contributed by atoms with Crippen LogP contribution in [0.2, 0.25) is 0 Å². The zero-order valence-corrected chi connectivity index (χ0v) is 10.6. The third kappa shape index (κ3) is 5.29. The maximum Gasteiger partial charge on any atom is 0.0594 e. The molecule has 2 nitrogen and oxygen atoms in total. The van der Waals surface area contributed by atoms with Crippen molar-refractivity contribution in [3.8, 4) is 0 Å². The Bertz CT molecular complexity index is 271. The topological polar surface area (TPSA) is 21.3 Å². The van der Waals surface area contributed by atoms with E-state index in [4.69, 9.17) is 4.74 Å². The van der Waals surface area contributed by atoms with E-state index in [9.17, 15) is 0 Å². The molecule has 0 aromatic heterocycles. The van der Waals surface area contributed by atoms with Gasteiger partial charge in [-0.3, -0.25) is 0 Å². The van der Waals surface area contributed by atoms with Gasteiger partial charge in [-0.2, -0.15) is 0 Å². The lowest BCUT2D eigenvalue weighted by atomic mass is 10.0. The van der Waals surface area contributed by atoms with Crippen LogP contribution in [0.3, 0.4) is 0 Å². The van der Waals surface area contributed by atoms with Crippen LogP contribution >= 0.6 is 0 Å². The Labute approximate surface area is 99.0 Å². The lowest BCUT2D eigenvalue weighted by molar-refractivity contribution is 0.0808. The number of ether oxygens (including phenoxy) is 1. The summed E-state index contributed by atoms with van der Waals surface area (Å²) < 4.78 is 5.47. The minimum absolute atomic E-state index is 0.327. The monoisotopic (exact) mass is 221 g/mol. The molecule has 0 bridgehead atoms. The first kappa shape index (κ1) is 13.2. The summed E-state index contributed by atoms with van der Waals surface area (Å²) in [5, 5.41) is 3.41. The van der Waals surface area contributed by atoms with Crippen molar-refractivity contribution in [2.24, 2.45) is 0 Å². The smallest absolute Gasteiger partial charge is 0.0594 e. The van der Waals surface area contributed by atoms with E-state index >= 15 is 0 Å². The van der Waals surface area contributed by atoms with E-state index in [0.29, 0.717) is 12.0 Å². The molecule has 0 saturated carbocycles. The molecule has 0 spiro atoms. The van der Waals surface area contributed by atoms with Gasteiger partial charge in [-0.05, 0) is 25.3 Å². The predicted octanol–water partition coefficient (Wildman–Crippen LogP) is 2.80. The largest absolute Gasteiger partial charge is 0.377 e. The van der Waals surface area contributed by atoms with Gasteiger partial charge in [0.05, 0.1) is 12.7 Å². The minimum atomic E-state index is 0.327. The molecular weight excluding hydrogens is 198 g/mol. The average Bonchev–Trinajstić information content (AvgIpc) is 2.29. The summed E-state index contributed by atoms with van der Waals surface area (Å²) in [4.78, 5) is 0. The van der Waals surface area contributed by atoms with Crippen LogP contribution in [-0.2, 0) is 4.74 Å². The summed E-state index contributed by atoms with van der Waals surface area (Å²) in [5.74, 6) is 0.556. The van der Waals surface area contributed by atoms with Crippen LogP contribution in [0.4, 0.5) is 0 Å². The molecule has 0 fully saturated rings. The van der Waals surface area contributed by atoms with E-state index in [1.165, 1.54) is 5.56 Å². The van der Waals surface area contributed by atoms with Crippen LogP contribution in [0.5, 0.6) is 0 Å². The number of benzene rings is 1. The number of hydrogen-bond acceptors (Lipinski definition) is 2. The molecule has 16 heavy (non-hydrogen) atoms. The van der Waals surface area contributed by atoms with E-state index in [1.54, 1.807) is 0 Å². The summed E-state index contributed by atoms with van der Waals surface area (Å²) in [6, 6.07) is 10.6. The molecule has 1 atom stereocenters. The molecule has 0 aliphatic carbocycles. The molecule has 0 radical (unpaired) electrons. The number of nitrogens with one attached hydrogen (secondary N) is 1. The molecule has 0 aliphatic rings. The third-order valence-electron chi connectivity index (χ3n) is 2.55. The van der Waals surface area contributed by atoms with Gasteiger partial charge in [-0.25, -0.2) is 0 Å². The molecule has 0 saturated heterocycles. The van der Waals surface area contributed by atoms with Gasteiger partial charge in [-0.1, -0.05) is 37.3 Å². The van der Waals surface area contributed by atoms with Crippen molar-refractivity contribution in [1.82, 2.24) is 5.32 Å². The van der Waals surface area contributed by atoms with Gasteiger partial charge in [0.1, 0.15) is 0 Å². The van der Waals surface area contributed by atoms with Gasteiger partial charge in [-0.15, -0.1) is 0 Å². The first-order valence-corrected chi connectivity index (χ1v) is 6.07. The predicted molar refractivity (Wildman–Crippen MR) is 68.8 cm³/mol. The van der Waals surface area contributed by atoms with Crippen molar-refractivity contribution in [2.75, 3.05) is 19.7 Å². The fourth-order valence-corrected chi connectivity index (χ4v) is 1.58. The lowest BCUT2D eigenvalue weighted by Gasteiger charge is -2.13. The summed E-state index contributed by atoms with van der Waals surface area (Å²) in [6.45, 7) is 9.09. The highest BCUT2D eigenvalue weighted by atomic mass is 16.5. The summed E-state index contributed by atoms with van der Waals surface area (Å²) in [7, 11) is 0. The molecule has 1 unspecified atom stereocenters. The van der Waals surface area contributed by atoms with Crippen molar-refractivity contribution in [3.63, 3.8) is 0 Å². The van der Waals surface area contributed by atoms with Crippen LogP contribution in [0.15, 0.2) is 30.3 Å². The highest BCUT2D eigenvalue weighted by Gasteiger charge is 2.03. The SMILES string of the molecule is CC(C)OCCNCC(C)c1ccccc1. The van der Waals surface area contributed by atoms with Crippen LogP contribution < -0.4 is 5.32 Å². The third-order valence-corrected chi connectivity index (χ3v) is 2.55. The van der Waals surface area contributed by atoms with Gasteiger partial charge in [0.25, 0.3) is 0 Å². The molecule has 0 heterocycles. The maximum atomic E-state index is 5.47. The van der Waals surface area contributed by atoms with Gasteiger partial charge in [0.2, 0.25) is 0 Å². The van der Waals surface area contributed by atoms with Gasteiger partial charge >= 0.3 is 0 Å². The van der Waals surface area contributed by atoms with Gasteiger partial charge in [0.15, 0.2) is 0 Å². The molecule has 1 N–H and O–H groups in total. The average molecular weight is 221 g/mol. The quantitative estimate of drug-likeness (QED) is 0.715. The zero-order chi connectivity index (χ0) is 11.8. The fourth-order valence-electron chi connectivity index (χ4n) is 1.58. The highest BCUT2D eigenvalue weighted by Crippen LogP contribution is 2.12. The molecule has 0 aliphatic heterocycles. The second kappa shape index (κ2) is 7.42. The Morgan fingerprint density at radius 1 is 1.12 bits per heavy atom. The normalized spacial score (nSPS) is 13.0. The first-order chi connectivity index (χ1) is 7.70. The molecule has 0 amide bonds. The van der Waals surface area contributed by atoms with Crippen molar-refractivity contribution < 1.29 is 4.74 Å². The summed E-state index contributed by atoms with van der Waals surface area (Å²) >= 11 is 0. The Morgan fingerprint density at radius 3 is 2.44 bits per heavy atom. The fraction of sp³-hybridized carbons (Fsp3) is 0.571. The number of hydrogen-bond donors (Lipinski definition) is 1. The van der Waals surface area contributed by atoms with E-state index in [-0.39, 0.29) is 0 Å². The maximum absolute atomic E-state index is 5.47. The van der Waals surface area contributed by atoms with E-state index in [0.717, 1.165) is 19.7 Å². The molecule has 2 heteroatoms. The standard InChI is InChI=1S/C14H23NO/c1-12(2)16-10-9-15-11-13(3)14-7-5-4-6-8-14/h4-8,12-13,15H,9-11H2,1-3H3. The second-order valence-electron chi connectivity index (χ2n) is 4.44. The van der Waals surface area contributed by atoms with Crippen LogP contribution in [-0.4, -0.2) is 25.8 Å². The zero-order valence-electron chi connectivity index (χ0n) is 10.6. The van der Waals surface area contributed by atoms with Crippen LogP contribution in [0, 0.1) is 0 Å². The molecule has 1 aromatic rings. The minimum Gasteiger partial charge on any atom is -0.377 e. The Kier molecular flexibility index (Phi) is 6.12. The Hall–Kier alpha value is -0.860. The second-order valence-corrected chi connectivity index (χ2v) is 4.44. The number of rotatable bonds is 7. The molecule has 90 valence electrons. The molecule has 1 rings (SSSR count). The van der Waals surface area contributed by atoms with Gasteiger partial charge in [0, 0.05) is 13.1 Å². The highest BCUT2D eigenvalue weighted by molar-refractivity contribution is 5.18. The lowest BCUT2D eigenvalue weighted by Crippen LogP contribution is -2.25. The van der Waals surface area contributed by atoms with Crippen molar-refractivity contribution >= 4 is 0 Å².